The summed E-state index contributed by atoms with van der Waals surface area (Å²) >= 11 is 0. The highest BCUT2D eigenvalue weighted by molar-refractivity contribution is 5.95. The van der Waals surface area contributed by atoms with Gasteiger partial charge in [0.25, 0.3) is 5.91 Å². The SMILES string of the molecule is O=C(NCc1ncc[nH]1)c1c(F)ccc([N+](=O)[O-])c1F. The van der Waals surface area contributed by atoms with Crippen molar-refractivity contribution in [1.29, 1.82) is 0 Å². The number of nitro groups is 1. The molecule has 0 aliphatic rings. The Hall–Kier alpha value is -2.84. The van der Waals surface area contributed by atoms with Gasteiger partial charge < -0.3 is 10.3 Å². The molecular formula is C11H8F2N4O3. The van der Waals surface area contributed by atoms with Crippen molar-refractivity contribution in [2.75, 3.05) is 0 Å². The van der Waals surface area contributed by atoms with Gasteiger partial charge in [0.2, 0.25) is 5.82 Å². The molecule has 1 aromatic heterocycles. The number of rotatable bonds is 4. The van der Waals surface area contributed by atoms with Crippen molar-refractivity contribution in [3.8, 4) is 0 Å². The third-order valence-electron chi connectivity index (χ3n) is 2.47. The van der Waals surface area contributed by atoms with Crippen molar-refractivity contribution in [3.63, 3.8) is 0 Å². The number of aromatic nitrogens is 2. The molecule has 2 rings (SSSR count). The monoisotopic (exact) mass is 282 g/mol. The van der Waals surface area contributed by atoms with Crippen LogP contribution in [-0.2, 0) is 6.54 Å². The van der Waals surface area contributed by atoms with Crippen molar-refractivity contribution >= 4 is 11.6 Å². The van der Waals surface area contributed by atoms with E-state index in [4.69, 9.17) is 0 Å². The van der Waals surface area contributed by atoms with Crippen molar-refractivity contribution < 1.29 is 18.5 Å². The number of H-pyrrole nitrogens is 1. The lowest BCUT2D eigenvalue weighted by molar-refractivity contribution is -0.387. The van der Waals surface area contributed by atoms with E-state index in [1.54, 1.807) is 0 Å². The fourth-order valence-corrected chi connectivity index (χ4v) is 1.54. The van der Waals surface area contributed by atoms with Crippen LogP contribution >= 0.6 is 0 Å². The minimum atomic E-state index is -1.51. The third-order valence-corrected chi connectivity index (χ3v) is 2.47. The molecule has 0 saturated heterocycles. The standard InChI is InChI=1S/C11H8F2N4O3/c12-6-1-2-7(17(19)20)10(13)9(6)11(18)16-5-8-14-3-4-15-8/h1-4H,5H2,(H,14,15)(H,16,18). The molecule has 20 heavy (non-hydrogen) atoms. The fourth-order valence-electron chi connectivity index (χ4n) is 1.54. The van der Waals surface area contributed by atoms with Gasteiger partial charge in [-0.25, -0.2) is 9.37 Å². The average Bonchev–Trinajstić information content (AvgIpc) is 2.89. The lowest BCUT2D eigenvalue weighted by atomic mass is 10.1. The maximum atomic E-state index is 13.7. The van der Waals surface area contributed by atoms with Crippen LogP contribution in [0.25, 0.3) is 0 Å². The maximum Gasteiger partial charge on any atom is 0.305 e. The van der Waals surface area contributed by atoms with Gasteiger partial charge in [-0.05, 0) is 6.07 Å². The van der Waals surface area contributed by atoms with Gasteiger partial charge in [0.1, 0.15) is 17.2 Å². The van der Waals surface area contributed by atoms with Crippen LogP contribution in [0.1, 0.15) is 16.2 Å². The predicted octanol–water partition coefficient (Wildman–Crippen LogP) is 1.53. The van der Waals surface area contributed by atoms with Crippen LogP contribution in [0.3, 0.4) is 0 Å². The van der Waals surface area contributed by atoms with E-state index in [1.165, 1.54) is 12.4 Å². The van der Waals surface area contributed by atoms with E-state index in [0.717, 1.165) is 0 Å². The summed E-state index contributed by atoms with van der Waals surface area (Å²) in [6, 6.07) is 1.33. The molecule has 2 N–H and O–H groups in total. The van der Waals surface area contributed by atoms with Gasteiger partial charge >= 0.3 is 5.69 Å². The van der Waals surface area contributed by atoms with Gasteiger partial charge in [-0.3, -0.25) is 14.9 Å². The van der Waals surface area contributed by atoms with E-state index in [9.17, 15) is 23.7 Å². The van der Waals surface area contributed by atoms with Crippen molar-refractivity contribution in [2.45, 2.75) is 6.54 Å². The Kier molecular flexibility index (Phi) is 3.69. The Morgan fingerprint density at radius 3 is 2.80 bits per heavy atom. The number of nitro benzene ring substituents is 1. The molecule has 0 unspecified atom stereocenters. The molecule has 9 heteroatoms. The zero-order chi connectivity index (χ0) is 14.7. The first-order valence-corrected chi connectivity index (χ1v) is 5.39. The van der Waals surface area contributed by atoms with Crippen molar-refractivity contribution in [3.05, 3.63) is 57.7 Å². The van der Waals surface area contributed by atoms with Crippen LogP contribution < -0.4 is 5.32 Å². The molecule has 1 heterocycles. The van der Waals surface area contributed by atoms with E-state index in [0.29, 0.717) is 18.0 Å². The van der Waals surface area contributed by atoms with Crippen LogP contribution in [0.4, 0.5) is 14.5 Å². The quantitative estimate of drug-likeness (QED) is 0.655. The Bertz CT molecular complexity index is 658. The number of amides is 1. The number of benzene rings is 1. The normalized spacial score (nSPS) is 10.3. The van der Waals surface area contributed by atoms with Crippen LogP contribution in [0.5, 0.6) is 0 Å². The van der Waals surface area contributed by atoms with Gasteiger partial charge in [-0.15, -0.1) is 0 Å². The van der Waals surface area contributed by atoms with E-state index in [2.05, 4.69) is 15.3 Å². The largest absolute Gasteiger partial charge is 0.347 e. The molecule has 2 aromatic rings. The highest BCUT2D eigenvalue weighted by Crippen LogP contribution is 2.22. The molecule has 0 radical (unpaired) electrons. The third kappa shape index (κ3) is 2.60. The van der Waals surface area contributed by atoms with Gasteiger partial charge in [-0.2, -0.15) is 4.39 Å². The number of aromatic amines is 1. The Balaban J connectivity index is 2.25. The first-order chi connectivity index (χ1) is 9.50. The number of hydrogen-bond donors (Lipinski definition) is 2. The summed E-state index contributed by atoms with van der Waals surface area (Å²) in [5.41, 5.74) is -1.96. The summed E-state index contributed by atoms with van der Waals surface area (Å²) in [6.07, 6.45) is 2.95. The second-order valence-corrected chi connectivity index (χ2v) is 3.73. The second-order valence-electron chi connectivity index (χ2n) is 3.73. The molecular weight excluding hydrogens is 274 g/mol. The molecule has 7 nitrogen and oxygen atoms in total. The molecule has 104 valence electrons. The predicted molar refractivity (Wildman–Crippen MR) is 62.8 cm³/mol. The summed E-state index contributed by atoms with van der Waals surface area (Å²) in [5, 5.41) is 12.8. The van der Waals surface area contributed by atoms with Crippen LogP contribution in [0.2, 0.25) is 0 Å². The Labute approximate surface area is 110 Å². The number of carbonyl (C=O) groups is 1. The summed E-state index contributed by atoms with van der Waals surface area (Å²) in [7, 11) is 0. The van der Waals surface area contributed by atoms with Crippen molar-refractivity contribution in [2.24, 2.45) is 0 Å². The smallest absolute Gasteiger partial charge is 0.305 e. The lowest BCUT2D eigenvalue weighted by Gasteiger charge is -2.06. The maximum absolute atomic E-state index is 13.7. The molecule has 1 amide bonds. The molecule has 0 aliphatic carbocycles. The molecule has 0 bridgehead atoms. The Morgan fingerprint density at radius 2 is 2.20 bits per heavy atom. The van der Waals surface area contributed by atoms with Crippen LogP contribution in [0.15, 0.2) is 24.5 Å². The molecule has 0 spiro atoms. The summed E-state index contributed by atoms with van der Waals surface area (Å²) in [6.45, 7) is -0.0899. The summed E-state index contributed by atoms with van der Waals surface area (Å²) in [5.74, 6) is -3.40. The molecule has 1 aromatic carbocycles. The molecule has 0 aliphatic heterocycles. The topological polar surface area (TPSA) is 101 Å². The lowest BCUT2D eigenvalue weighted by Crippen LogP contribution is -2.26. The fraction of sp³-hybridized carbons (Fsp3) is 0.0909. The number of nitrogens with zero attached hydrogens (tertiary/aromatic N) is 2. The zero-order valence-electron chi connectivity index (χ0n) is 9.89. The first-order valence-electron chi connectivity index (χ1n) is 5.39. The minimum absolute atomic E-state index is 0.0899. The second kappa shape index (κ2) is 5.43. The molecule has 0 atom stereocenters. The van der Waals surface area contributed by atoms with Crippen molar-refractivity contribution in [1.82, 2.24) is 15.3 Å². The number of nitrogens with one attached hydrogen (secondary N) is 2. The number of imidazole rings is 1. The average molecular weight is 282 g/mol. The number of halogens is 2. The van der Waals surface area contributed by atoms with Gasteiger partial charge in [0, 0.05) is 18.5 Å². The van der Waals surface area contributed by atoms with Gasteiger partial charge in [-0.1, -0.05) is 0 Å². The Morgan fingerprint density at radius 1 is 1.45 bits per heavy atom. The van der Waals surface area contributed by atoms with E-state index >= 15 is 0 Å². The number of hydrogen-bond acceptors (Lipinski definition) is 4. The van der Waals surface area contributed by atoms with Gasteiger partial charge in [0.15, 0.2) is 0 Å². The van der Waals surface area contributed by atoms with E-state index in [-0.39, 0.29) is 6.54 Å². The van der Waals surface area contributed by atoms with Crippen LogP contribution in [0, 0.1) is 21.7 Å². The van der Waals surface area contributed by atoms with E-state index < -0.39 is 33.7 Å². The summed E-state index contributed by atoms with van der Waals surface area (Å²) in [4.78, 5) is 27.7. The van der Waals surface area contributed by atoms with E-state index in [1.807, 2.05) is 0 Å². The number of carbonyl (C=O) groups excluding carboxylic acids is 1. The van der Waals surface area contributed by atoms with Crippen LogP contribution in [-0.4, -0.2) is 20.8 Å². The highest BCUT2D eigenvalue weighted by atomic mass is 19.1. The first kappa shape index (κ1) is 13.6. The molecule has 0 saturated carbocycles. The zero-order valence-corrected chi connectivity index (χ0v) is 9.89. The summed E-state index contributed by atoms with van der Waals surface area (Å²) < 4.78 is 27.2. The molecule has 0 fully saturated rings. The minimum Gasteiger partial charge on any atom is -0.347 e. The van der Waals surface area contributed by atoms with Gasteiger partial charge in [0.05, 0.1) is 11.5 Å². The highest BCUT2D eigenvalue weighted by Gasteiger charge is 2.26.